The van der Waals surface area contributed by atoms with Gasteiger partial charge >= 0.3 is 0 Å². The van der Waals surface area contributed by atoms with E-state index in [9.17, 15) is 4.79 Å². The Balaban J connectivity index is 6.76. The second kappa shape index (κ2) is 27.5. The van der Waals surface area contributed by atoms with Crippen LogP contribution in [-0.4, -0.2) is 47.6 Å². The molecule has 0 bridgehead atoms. The average Bonchev–Trinajstić information content (AvgIpc) is 3.04. The van der Waals surface area contributed by atoms with Crippen LogP contribution in [0, 0.1) is 10.8 Å². The molecule has 2 amide bonds. The van der Waals surface area contributed by atoms with Gasteiger partial charge in [0, 0.05) is 36.1 Å². The number of hydrogen-bond donors (Lipinski definition) is 1. The predicted molar refractivity (Wildman–Crippen MR) is 219 cm³/mol. The second-order valence-corrected chi connectivity index (χ2v) is 17.9. The van der Waals surface area contributed by atoms with Gasteiger partial charge < -0.3 is 15.0 Å². The van der Waals surface area contributed by atoms with Crippen molar-refractivity contribution in [2.45, 2.75) is 248 Å². The predicted octanol–water partition coefficient (Wildman–Crippen LogP) is 13.4. The smallest absolute Gasteiger partial charge is 0.229 e. The number of nitrogens with one attached hydrogen (secondary N) is 1. The summed E-state index contributed by atoms with van der Waals surface area (Å²) in [4.78, 5) is 31.1. The minimum absolute atomic E-state index is 0.0478. The topological polar surface area (TPSA) is 58.6 Å². The maximum absolute atomic E-state index is 15.6. The molecule has 5 heteroatoms. The summed E-state index contributed by atoms with van der Waals surface area (Å²) in [5.41, 5.74) is -1.27. The van der Waals surface area contributed by atoms with Gasteiger partial charge in [0.2, 0.25) is 11.8 Å². The molecule has 1 N–H and O–H groups in total. The van der Waals surface area contributed by atoms with E-state index in [1.807, 2.05) is 6.92 Å². The summed E-state index contributed by atoms with van der Waals surface area (Å²) in [6, 6.07) is 0. The number of hydrogen-bond acceptors (Lipinski definition) is 3. The molecule has 0 rings (SSSR count). The van der Waals surface area contributed by atoms with E-state index in [2.05, 4.69) is 79.5 Å². The first kappa shape index (κ1) is 48.9. The van der Waals surface area contributed by atoms with Crippen LogP contribution < -0.4 is 5.32 Å². The monoisotopic (exact) mass is 707 g/mol. The van der Waals surface area contributed by atoms with Gasteiger partial charge in [-0.05, 0) is 58.3 Å². The summed E-state index contributed by atoms with van der Waals surface area (Å²) in [6.07, 6.45) is 29.1. The Kier molecular flexibility index (Phi) is 26.9. The molecule has 0 aromatic carbocycles. The molecule has 0 aliphatic rings. The lowest BCUT2D eigenvalue weighted by Gasteiger charge is -2.55. The summed E-state index contributed by atoms with van der Waals surface area (Å²) in [6.45, 7) is 26.5. The zero-order chi connectivity index (χ0) is 37.9. The highest BCUT2D eigenvalue weighted by molar-refractivity contribution is 5.84. The molecule has 1 atom stereocenters. The Hall–Kier alpha value is -1.10. The van der Waals surface area contributed by atoms with Crippen LogP contribution in [0.15, 0.2) is 0 Å². The Labute approximate surface area is 314 Å². The Morgan fingerprint density at radius 2 is 0.900 bits per heavy atom. The highest BCUT2D eigenvalue weighted by Crippen LogP contribution is 2.46. The van der Waals surface area contributed by atoms with E-state index >= 15 is 4.79 Å². The first-order valence-electron chi connectivity index (χ1n) is 21.9. The number of carbonyl (C=O) groups excluding carboxylic acids is 2. The number of unbranched alkanes of at least 4 members (excludes halogenated alkanes) is 15. The fraction of sp³-hybridized carbons (Fsp3) is 0.956. The minimum Gasteiger partial charge on any atom is -0.380 e. The third-order valence-electron chi connectivity index (χ3n) is 11.2. The molecule has 1 unspecified atom stereocenters. The molecule has 0 aliphatic heterocycles. The highest BCUT2D eigenvalue weighted by atomic mass is 16.5. The lowest BCUT2D eigenvalue weighted by atomic mass is 9.70. The van der Waals surface area contributed by atoms with Crippen molar-refractivity contribution >= 4 is 11.8 Å². The maximum atomic E-state index is 15.6. The number of carbonyl (C=O) groups is 2. The molecule has 0 aliphatic carbocycles. The number of nitrogens with zero attached hydrogens (tertiary/aromatic N) is 1. The third-order valence-corrected chi connectivity index (χ3v) is 11.2. The van der Waals surface area contributed by atoms with Gasteiger partial charge in [0.05, 0.1) is 6.61 Å². The summed E-state index contributed by atoms with van der Waals surface area (Å²) in [7, 11) is 0. The molecular weight excluding hydrogens is 617 g/mol. The van der Waals surface area contributed by atoms with Crippen molar-refractivity contribution in [2.75, 3.05) is 19.8 Å². The van der Waals surface area contributed by atoms with Crippen LogP contribution in [0.1, 0.15) is 237 Å². The van der Waals surface area contributed by atoms with Crippen molar-refractivity contribution in [3.63, 3.8) is 0 Å². The average molecular weight is 707 g/mol. The number of rotatable bonds is 34. The first-order valence-corrected chi connectivity index (χ1v) is 21.9. The lowest BCUT2D eigenvalue weighted by molar-refractivity contribution is -0.161. The van der Waals surface area contributed by atoms with Crippen molar-refractivity contribution in [2.24, 2.45) is 10.8 Å². The molecular formula is C45H90N2O3. The van der Waals surface area contributed by atoms with Crippen molar-refractivity contribution in [3.05, 3.63) is 0 Å². The molecule has 50 heavy (non-hydrogen) atoms. The van der Waals surface area contributed by atoms with Crippen LogP contribution in [0.4, 0.5) is 0 Å². The molecule has 0 saturated heterocycles. The zero-order valence-electron chi connectivity index (χ0n) is 36.0. The Morgan fingerprint density at radius 1 is 0.540 bits per heavy atom. The lowest BCUT2D eigenvalue weighted by Crippen LogP contribution is -2.64. The molecule has 0 radical (unpaired) electrons. The van der Waals surface area contributed by atoms with Crippen LogP contribution in [0.3, 0.4) is 0 Å². The van der Waals surface area contributed by atoms with Crippen molar-refractivity contribution < 1.29 is 14.3 Å². The van der Waals surface area contributed by atoms with Gasteiger partial charge in [-0.2, -0.15) is 0 Å². The summed E-state index contributed by atoms with van der Waals surface area (Å²) >= 11 is 0. The van der Waals surface area contributed by atoms with Crippen LogP contribution in [0.5, 0.6) is 0 Å². The quantitative estimate of drug-likeness (QED) is 0.0678. The van der Waals surface area contributed by atoms with Crippen LogP contribution in [0.2, 0.25) is 0 Å². The molecule has 0 spiro atoms. The van der Waals surface area contributed by atoms with Crippen molar-refractivity contribution in [1.82, 2.24) is 10.2 Å². The summed E-state index contributed by atoms with van der Waals surface area (Å²) < 4.78 is 5.43. The third kappa shape index (κ3) is 20.8. The van der Waals surface area contributed by atoms with Gasteiger partial charge in [-0.25, -0.2) is 0 Å². The second-order valence-electron chi connectivity index (χ2n) is 17.9. The fourth-order valence-corrected chi connectivity index (χ4v) is 8.64. The molecule has 0 fully saturated rings. The Morgan fingerprint density at radius 3 is 1.26 bits per heavy atom. The van der Waals surface area contributed by atoms with Gasteiger partial charge in [-0.1, -0.05) is 177 Å². The first-order chi connectivity index (χ1) is 23.7. The van der Waals surface area contributed by atoms with E-state index in [1.54, 1.807) is 0 Å². The molecule has 0 saturated carbocycles. The van der Waals surface area contributed by atoms with Crippen LogP contribution in [0.25, 0.3) is 0 Å². The minimum atomic E-state index is -0.590. The molecule has 0 heterocycles. The van der Waals surface area contributed by atoms with Gasteiger partial charge in [0.25, 0.3) is 0 Å². The van der Waals surface area contributed by atoms with E-state index in [1.165, 1.54) is 122 Å². The van der Waals surface area contributed by atoms with Crippen molar-refractivity contribution in [3.8, 4) is 0 Å². The van der Waals surface area contributed by atoms with Crippen LogP contribution in [-0.2, 0) is 14.3 Å². The number of amides is 2. The molecule has 5 nitrogen and oxygen atoms in total. The van der Waals surface area contributed by atoms with Gasteiger partial charge in [-0.15, -0.1) is 0 Å². The summed E-state index contributed by atoms with van der Waals surface area (Å²) in [5.74, 6) is 0.366. The van der Waals surface area contributed by atoms with E-state index in [0.29, 0.717) is 38.5 Å². The molecule has 298 valence electrons. The summed E-state index contributed by atoms with van der Waals surface area (Å²) in [5, 5.41) is 3.05. The zero-order valence-corrected chi connectivity index (χ0v) is 36.0. The van der Waals surface area contributed by atoms with Crippen LogP contribution >= 0.6 is 0 Å². The van der Waals surface area contributed by atoms with Gasteiger partial charge in [-0.3, -0.25) is 9.59 Å². The largest absolute Gasteiger partial charge is 0.380 e. The number of ether oxygens (including phenoxy) is 1. The normalized spacial score (nSPS) is 13.7. The van der Waals surface area contributed by atoms with E-state index < -0.39 is 5.41 Å². The SMILES string of the molecule is CCCCCCCC(C)(CCCCCC)N(C(=O)C(C)(C)CC(C)(C)CC(=O)NCCOCC)C(C)(CCCCCCC)CCCCCCC. The van der Waals surface area contributed by atoms with E-state index in [-0.39, 0.29) is 22.4 Å². The van der Waals surface area contributed by atoms with Gasteiger partial charge in [0.15, 0.2) is 0 Å². The standard InChI is InChI=1S/C45H90N2O3/c1-12-17-21-25-29-33-44(10,32-28-24-20-15-4)47(45(11,34-30-26-22-18-13-2)35-31-27-23-19-14-3)41(49)43(8,9)39-42(6,7)38-40(48)46-36-37-50-16-5/h12-39H2,1-11H3,(H,46,48). The Bertz CT molecular complexity index is 839. The molecule has 0 aromatic heterocycles. The fourth-order valence-electron chi connectivity index (χ4n) is 8.64. The van der Waals surface area contributed by atoms with E-state index in [4.69, 9.17) is 4.74 Å². The highest BCUT2D eigenvalue weighted by Gasteiger charge is 2.50. The maximum Gasteiger partial charge on any atom is 0.229 e. The van der Waals surface area contributed by atoms with E-state index in [0.717, 1.165) is 25.7 Å². The molecule has 0 aromatic rings. The van der Waals surface area contributed by atoms with Gasteiger partial charge in [0.1, 0.15) is 0 Å². The van der Waals surface area contributed by atoms with Crippen molar-refractivity contribution in [1.29, 1.82) is 0 Å².